The molecule has 1 aromatic rings. The van der Waals surface area contributed by atoms with E-state index in [2.05, 4.69) is 13.0 Å². The zero-order valence-electron chi connectivity index (χ0n) is 12.3. The first kappa shape index (κ1) is 15.9. The van der Waals surface area contributed by atoms with Crippen molar-refractivity contribution in [3.8, 4) is 6.07 Å². The van der Waals surface area contributed by atoms with Gasteiger partial charge in [-0.05, 0) is 49.8 Å². The topological polar surface area (TPSA) is 44.0 Å². The Labute approximate surface area is 124 Å². The van der Waals surface area contributed by atoms with Crippen LogP contribution in [0.5, 0.6) is 0 Å². The molecule has 1 aliphatic carbocycles. The molecule has 1 N–H and O–H groups in total. The Morgan fingerprint density at radius 1 is 1.38 bits per heavy atom. The molecule has 0 amide bonds. The summed E-state index contributed by atoms with van der Waals surface area (Å²) in [5, 5.41) is 20.0. The van der Waals surface area contributed by atoms with Gasteiger partial charge in [0.05, 0.1) is 11.5 Å². The number of hydrogen-bond acceptors (Lipinski definition) is 2. The molecule has 114 valence electrons. The lowest BCUT2D eigenvalue weighted by atomic mass is 9.66. The lowest BCUT2D eigenvalue weighted by Crippen LogP contribution is -2.33. The van der Waals surface area contributed by atoms with Crippen LogP contribution in [-0.4, -0.2) is 5.11 Å². The maximum atomic E-state index is 13.8. The number of benzene rings is 1. The molecule has 0 aromatic heterocycles. The fourth-order valence-corrected chi connectivity index (χ4v) is 3.36. The minimum Gasteiger partial charge on any atom is -0.387 e. The van der Waals surface area contributed by atoms with E-state index in [9.17, 15) is 19.1 Å². The van der Waals surface area contributed by atoms with Crippen molar-refractivity contribution in [1.29, 1.82) is 5.26 Å². The Morgan fingerprint density at radius 2 is 2.05 bits per heavy atom. The van der Waals surface area contributed by atoms with E-state index in [1.165, 1.54) is 0 Å². The van der Waals surface area contributed by atoms with Gasteiger partial charge in [-0.15, -0.1) is 0 Å². The number of nitrogens with zero attached hydrogens (tertiary/aromatic N) is 1. The summed E-state index contributed by atoms with van der Waals surface area (Å²) in [5.41, 5.74) is -1.11. The van der Waals surface area contributed by atoms with Crippen molar-refractivity contribution in [2.75, 3.05) is 0 Å². The predicted octanol–water partition coefficient (Wildman–Crippen LogP) is 4.50. The molecule has 1 aromatic carbocycles. The molecule has 1 atom stereocenters. The van der Waals surface area contributed by atoms with Crippen LogP contribution in [-0.2, 0) is 0 Å². The second-order valence-corrected chi connectivity index (χ2v) is 6.07. The average Bonchev–Trinajstić information content (AvgIpc) is 2.50. The monoisotopic (exact) mass is 293 g/mol. The molecule has 0 bridgehead atoms. The maximum Gasteiger partial charge on any atom is 0.129 e. The van der Waals surface area contributed by atoms with Gasteiger partial charge < -0.3 is 5.11 Å². The van der Waals surface area contributed by atoms with Crippen LogP contribution in [0.25, 0.3) is 0 Å². The number of aliphatic hydroxyl groups is 1. The van der Waals surface area contributed by atoms with E-state index in [0.29, 0.717) is 18.8 Å². The molecule has 0 heterocycles. The van der Waals surface area contributed by atoms with Crippen molar-refractivity contribution in [3.63, 3.8) is 0 Å². The molecule has 0 radical (unpaired) electrons. The molecule has 4 heteroatoms. The van der Waals surface area contributed by atoms with Crippen molar-refractivity contribution >= 4 is 0 Å². The summed E-state index contributed by atoms with van der Waals surface area (Å²) in [4.78, 5) is 0. The van der Waals surface area contributed by atoms with Gasteiger partial charge in [0, 0.05) is 5.56 Å². The minimum absolute atomic E-state index is 0.106. The first-order valence-corrected chi connectivity index (χ1v) is 7.56. The standard InChI is InChI=1S/C17H21F2NO/c1-2-3-12-6-8-17(11-20,9-7-12)16(21)14-10-13(18)4-5-15(14)19/h4-5,10,12,16,21H,2-3,6-9H2,1H3. The van der Waals surface area contributed by atoms with Crippen molar-refractivity contribution in [2.45, 2.75) is 51.6 Å². The van der Waals surface area contributed by atoms with Crippen LogP contribution in [0.4, 0.5) is 8.78 Å². The third-order valence-corrected chi connectivity index (χ3v) is 4.69. The van der Waals surface area contributed by atoms with E-state index in [1.54, 1.807) is 0 Å². The summed E-state index contributed by atoms with van der Waals surface area (Å²) in [6, 6.07) is 5.20. The van der Waals surface area contributed by atoms with Gasteiger partial charge in [-0.25, -0.2) is 8.78 Å². The SMILES string of the molecule is CCCC1CCC(C#N)(C(O)c2cc(F)ccc2F)CC1. The van der Waals surface area contributed by atoms with Crippen LogP contribution in [0.3, 0.4) is 0 Å². The lowest BCUT2D eigenvalue weighted by molar-refractivity contribution is 0.0211. The van der Waals surface area contributed by atoms with Crippen LogP contribution in [0.2, 0.25) is 0 Å². The fourth-order valence-electron chi connectivity index (χ4n) is 3.36. The van der Waals surface area contributed by atoms with E-state index >= 15 is 0 Å². The van der Waals surface area contributed by atoms with Crippen molar-refractivity contribution in [3.05, 3.63) is 35.4 Å². The molecule has 1 aliphatic rings. The summed E-state index contributed by atoms with van der Waals surface area (Å²) >= 11 is 0. The van der Waals surface area contributed by atoms with Gasteiger partial charge in [0.25, 0.3) is 0 Å². The molecule has 0 spiro atoms. The Kier molecular flexibility index (Phi) is 4.95. The fraction of sp³-hybridized carbons (Fsp3) is 0.588. The van der Waals surface area contributed by atoms with Gasteiger partial charge in [-0.1, -0.05) is 19.8 Å². The molecule has 2 rings (SSSR count). The molecular formula is C17H21F2NO. The number of rotatable bonds is 4. The summed E-state index contributed by atoms with van der Waals surface area (Å²) < 4.78 is 27.1. The zero-order valence-corrected chi connectivity index (χ0v) is 12.3. The average molecular weight is 293 g/mol. The highest BCUT2D eigenvalue weighted by Crippen LogP contribution is 2.48. The van der Waals surface area contributed by atoms with Gasteiger partial charge >= 0.3 is 0 Å². The molecule has 2 nitrogen and oxygen atoms in total. The third-order valence-electron chi connectivity index (χ3n) is 4.69. The van der Waals surface area contributed by atoms with Gasteiger partial charge in [-0.2, -0.15) is 5.26 Å². The Bertz CT molecular complexity index is 530. The van der Waals surface area contributed by atoms with E-state index in [0.717, 1.165) is 43.9 Å². The number of aliphatic hydroxyl groups excluding tert-OH is 1. The van der Waals surface area contributed by atoms with E-state index in [4.69, 9.17) is 0 Å². The highest BCUT2D eigenvalue weighted by Gasteiger charge is 2.43. The molecule has 1 fully saturated rings. The second-order valence-electron chi connectivity index (χ2n) is 6.07. The van der Waals surface area contributed by atoms with Crippen LogP contribution < -0.4 is 0 Å². The highest BCUT2D eigenvalue weighted by molar-refractivity contribution is 5.26. The highest BCUT2D eigenvalue weighted by atomic mass is 19.1. The molecule has 21 heavy (non-hydrogen) atoms. The largest absolute Gasteiger partial charge is 0.387 e. The van der Waals surface area contributed by atoms with Crippen LogP contribution >= 0.6 is 0 Å². The van der Waals surface area contributed by atoms with E-state index < -0.39 is 23.2 Å². The van der Waals surface area contributed by atoms with Crippen molar-refractivity contribution < 1.29 is 13.9 Å². The maximum absolute atomic E-state index is 13.8. The Morgan fingerprint density at radius 3 is 2.62 bits per heavy atom. The number of halogens is 2. The normalized spacial score (nSPS) is 27.1. The number of nitriles is 1. The zero-order chi connectivity index (χ0) is 15.5. The quantitative estimate of drug-likeness (QED) is 0.888. The van der Waals surface area contributed by atoms with Crippen molar-refractivity contribution in [1.82, 2.24) is 0 Å². The first-order chi connectivity index (χ1) is 10.0. The van der Waals surface area contributed by atoms with E-state index in [-0.39, 0.29) is 5.56 Å². The second kappa shape index (κ2) is 6.53. The Hall–Kier alpha value is -1.47. The van der Waals surface area contributed by atoms with Crippen molar-refractivity contribution in [2.24, 2.45) is 11.3 Å². The Balaban J connectivity index is 2.22. The van der Waals surface area contributed by atoms with Crippen LogP contribution in [0, 0.1) is 34.3 Å². The lowest BCUT2D eigenvalue weighted by Gasteiger charge is -2.38. The minimum atomic E-state index is -1.28. The summed E-state index contributed by atoms with van der Waals surface area (Å²) in [6.07, 6.45) is 3.72. The van der Waals surface area contributed by atoms with E-state index in [1.807, 2.05) is 0 Å². The van der Waals surface area contributed by atoms with Gasteiger partial charge in [0.15, 0.2) is 0 Å². The third kappa shape index (κ3) is 3.24. The summed E-state index contributed by atoms with van der Waals surface area (Å²) in [7, 11) is 0. The van der Waals surface area contributed by atoms with Gasteiger partial charge in [-0.3, -0.25) is 0 Å². The van der Waals surface area contributed by atoms with Crippen LogP contribution in [0.15, 0.2) is 18.2 Å². The molecule has 0 saturated heterocycles. The van der Waals surface area contributed by atoms with Crippen LogP contribution in [0.1, 0.15) is 57.1 Å². The summed E-state index contributed by atoms with van der Waals surface area (Å²) in [5.74, 6) is -0.687. The van der Waals surface area contributed by atoms with Gasteiger partial charge in [0.2, 0.25) is 0 Å². The summed E-state index contributed by atoms with van der Waals surface area (Å²) in [6.45, 7) is 2.13. The molecular weight excluding hydrogens is 272 g/mol. The number of hydrogen-bond donors (Lipinski definition) is 1. The molecule has 1 unspecified atom stereocenters. The molecule has 1 saturated carbocycles. The first-order valence-electron chi connectivity index (χ1n) is 7.56. The smallest absolute Gasteiger partial charge is 0.129 e. The molecule has 0 aliphatic heterocycles. The predicted molar refractivity (Wildman–Crippen MR) is 76.2 cm³/mol. The van der Waals surface area contributed by atoms with Gasteiger partial charge in [0.1, 0.15) is 17.7 Å².